The number of nitrogens with zero attached hydrogens (tertiary/aromatic N) is 3. The summed E-state index contributed by atoms with van der Waals surface area (Å²) in [5, 5.41) is 19.0. The minimum atomic E-state index is -0.489. The van der Waals surface area contributed by atoms with E-state index >= 15 is 0 Å². The monoisotopic (exact) mass is 228 g/mol. The lowest BCUT2D eigenvalue weighted by Gasteiger charge is -2.35. The molecule has 6 heteroatoms. The Morgan fingerprint density at radius 3 is 2.67 bits per heavy atom. The van der Waals surface area contributed by atoms with Crippen LogP contribution in [0.4, 0.5) is 5.13 Å². The summed E-state index contributed by atoms with van der Waals surface area (Å²) in [6, 6.07) is 0. The zero-order valence-electron chi connectivity index (χ0n) is 8.81. The molecule has 1 saturated heterocycles. The van der Waals surface area contributed by atoms with E-state index in [0.29, 0.717) is 5.13 Å². The largest absolute Gasteiger partial charge is 0.390 e. The SMILES string of the molecule is CC1(O)CCN(Cc2nnc(N)s2)CC1. The van der Waals surface area contributed by atoms with Crippen LogP contribution in [0.25, 0.3) is 0 Å². The fourth-order valence-electron chi connectivity index (χ4n) is 1.71. The molecule has 5 nitrogen and oxygen atoms in total. The quantitative estimate of drug-likeness (QED) is 0.769. The molecule has 0 aromatic carbocycles. The van der Waals surface area contributed by atoms with Gasteiger partial charge in [-0.3, -0.25) is 4.90 Å². The van der Waals surface area contributed by atoms with E-state index in [1.807, 2.05) is 6.92 Å². The first-order valence-corrected chi connectivity index (χ1v) is 5.89. The first kappa shape index (κ1) is 10.8. The maximum atomic E-state index is 9.79. The summed E-state index contributed by atoms with van der Waals surface area (Å²) >= 11 is 1.43. The van der Waals surface area contributed by atoms with Crippen LogP contribution < -0.4 is 5.73 Å². The van der Waals surface area contributed by atoms with Crippen molar-refractivity contribution >= 4 is 16.5 Å². The molecule has 1 fully saturated rings. The van der Waals surface area contributed by atoms with Gasteiger partial charge in [-0.2, -0.15) is 0 Å². The molecule has 1 aromatic heterocycles. The molecule has 84 valence electrons. The van der Waals surface area contributed by atoms with Crippen LogP contribution in [0.15, 0.2) is 0 Å². The number of likely N-dealkylation sites (tertiary alicyclic amines) is 1. The van der Waals surface area contributed by atoms with Gasteiger partial charge in [0.1, 0.15) is 5.01 Å². The van der Waals surface area contributed by atoms with E-state index in [1.165, 1.54) is 11.3 Å². The van der Waals surface area contributed by atoms with Crippen LogP contribution in [-0.2, 0) is 6.54 Å². The van der Waals surface area contributed by atoms with Crippen LogP contribution >= 0.6 is 11.3 Å². The molecule has 1 aromatic rings. The van der Waals surface area contributed by atoms with E-state index < -0.39 is 5.60 Å². The number of nitrogen functional groups attached to an aromatic ring is 1. The van der Waals surface area contributed by atoms with Gasteiger partial charge in [0.2, 0.25) is 5.13 Å². The third-order valence-corrected chi connectivity index (χ3v) is 3.51. The third kappa shape index (κ3) is 2.87. The van der Waals surface area contributed by atoms with Crippen LogP contribution in [-0.4, -0.2) is 38.9 Å². The van der Waals surface area contributed by atoms with Crippen molar-refractivity contribution in [2.45, 2.75) is 31.9 Å². The lowest BCUT2D eigenvalue weighted by atomic mass is 9.94. The number of hydrogen-bond acceptors (Lipinski definition) is 6. The summed E-state index contributed by atoms with van der Waals surface area (Å²) < 4.78 is 0. The molecule has 0 atom stereocenters. The highest BCUT2D eigenvalue weighted by Gasteiger charge is 2.27. The summed E-state index contributed by atoms with van der Waals surface area (Å²) in [6.07, 6.45) is 1.64. The van der Waals surface area contributed by atoms with Crippen LogP contribution in [0, 0.1) is 0 Å². The smallest absolute Gasteiger partial charge is 0.203 e. The summed E-state index contributed by atoms with van der Waals surface area (Å²) in [7, 11) is 0. The van der Waals surface area contributed by atoms with Gasteiger partial charge in [-0.1, -0.05) is 11.3 Å². The minimum Gasteiger partial charge on any atom is -0.390 e. The van der Waals surface area contributed by atoms with Crippen molar-refractivity contribution in [1.29, 1.82) is 0 Å². The van der Waals surface area contributed by atoms with Crippen molar-refractivity contribution in [1.82, 2.24) is 15.1 Å². The Morgan fingerprint density at radius 2 is 2.13 bits per heavy atom. The molecule has 0 bridgehead atoms. The fourth-order valence-corrected chi connectivity index (χ4v) is 2.37. The standard InChI is InChI=1S/C9H16N4OS/c1-9(14)2-4-13(5-3-9)6-7-11-12-8(10)15-7/h14H,2-6H2,1H3,(H2,10,12). The van der Waals surface area contributed by atoms with Gasteiger partial charge >= 0.3 is 0 Å². The van der Waals surface area contributed by atoms with Gasteiger partial charge in [0.05, 0.1) is 12.1 Å². The summed E-state index contributed by atoms with van der Waals surface area (Å²) in [5.41, 5.74) is 5.02. The molecular weight excluding hydrogens is 212 g/mol. The van der Waals surface area contributed by atoms with Crippen LogP contribution in [0.3, 0.4) is 0 Å². The van der Waals surface area contributed by atoms with Crippen molar-refractivity contribution in [3.8, 4) is 0 Å². The molecule has 1 aliphatic rings. The molecule has 1 aliphatic heterocycles. The fraction of sp³-hybridized carbons (Fsp3) is 0.778. The van der Waals surface area contributed by atoms with Crippen molar-refractivity contribution < 1.29 is 5.11 Å². The Labute approximate surface area is 92.9 Å². The van der Waals surface area contributed by atoms with Crippen molar-refractivity contribution in [3.05, 3.63) is 5.01 Å². The lowest BCUT2D eigenvalue weighted by molar-refractivity contribution is -0.00734. The molecule has 0 aliphatic carbocycles. The van der Waals surface area contributed by atoms with Gasteiger partial charge < -0.3 is 10.8 Å². The molecular formula is C9H16N4OS. The van der Waals surface area contributed by atoms with E-state index in [2.05, 4.69) is 15.1 Å². The van der Waals surface area contributed by atoms with Gasteiger partial charge in [0.15, 0.2) is 0 Å². The molecule has 0 unspecified atom stereocenters. The Hall–Kier alpha value is -0.720. The summed E-state index contributed by atoms with van der Waals surface area (Å²) in [4.78, 5) is 2.28. The Morgan fingerprint density at radius 1 is 1.47 bits per heavy atom. The maximum Gasteiger partial charge on any atom is 0.203 e. The predicted octanol–water partition coefficient (Wildman–Crippen LogP) is 0.467. The van der Waals surface area contributed by atoms with Crippen LogP contribution in [0.1, 0.15) is 24.8 Å². The average Bonchev–Trinajstić information content (AvgIpc) is 2.55. The molecule has 0 amide bonds. The lowest BCUT2D eigenvalue weighted by Crippen LogP contribution is -2.41. The highest BCUT2D eigenvalue weighted by atomic mass is 32.1. The Kier molecular flexibility index (Phi) is 2.90. The summed E-state index contributed by atoms with van der Waals surface area (Å²) in [6.45, 7) is 4.51. The molecule has 3 N–H and O–H groups in total. The third-order valence-electron chi connectivity index (χ3n) is 2.77. The van der Waals surface area contributed by atoms with Gasteiger partial charge in [0.25, 0.3) is 0 Å². The first-order chi connectivity index (χ1) is 7.05. The summed E-state index contributed by atoms with van der Waals surface area (Å²) in [5.74, 6) is 0. The molecule has 0 saturated carbocycles. The maximum absolute atomic E-state index is 9.79. The van der Waals surface area contributed by atoms with Gasteiger partial charge in [0, 0.05) is 13.1 Å². The number of anilines is 1. The number of nitrogens with two attached hydrogens (primary N) is 1. The number of hydrogen-bond donors (Lipinski definition) is 2. The second kappa shape index (κ2) is 4.03. The zero-order chi connectivity index (χ0) is 10.9. The zero-order valence-corrected chi connectivity index (χ0v) is 9.63. The van der Waals surface area contributed by atoms with E-state index in [4.69, 9.17) is 5.73 Å². The minimum absolute atomic E-state index is 0.489. The predicted molar refractivity (Wildman–Crippen MR) is 59.5 cm³/mol. The number of aromatic nitrogens is 2. The Bertz CT molecular complexity index is 329. The number of piperidine rings is 1. The number of rotatable bonds is 2. The number of aliphatic hydroxyl groups is 1. The van der Waals surface area contributed by atoms with Crippen molar-refractivity contribution in [2.24, 2.45) is 0 Å². The second-order valence-electron chi connectivity index (χ2n) is 4.31. The van der Waals surface area contributed by atoms with E-state index in [-0.39, 0.29) is 0 Å². The van der Waals surface area contributed by atoms with E-state index in [1.54, 1.807) is 0 Å². The molecule has 2 rings (SSSR count). The average molecular weight is 228 g/mol. The molecule has 2 heterocycles. The van der Waals surface area contributed by atoms with Gasteiger partial charge in [-0.25, -0.2) is 0 Å². The van der Waals surface area contributed by atoms with Crippen LogP contribution in [0.5, 0.6) is 0 Å². The van der Waals surface area contributed by atoms with E-state index in [0.717, 1.165) is 37.5 Å². The molecule has 0 spiro atoms. The van der Waals surface area contributed by atoms with Crippen molar-refractivity contribution in [3.63, 3.8) is 0 Å². The molecule has 15 heavy (non-hydrogen) atoms. The van der Waals surface area contributed by atoms with E-state index in [9.17, 15) is 5.11 Å². The van der Waals surface area contributed by atoms with Gasteiger partial charge in [-0.15, -0.1) is 10.2 Å². The topological polar surface area (TPSA) is 75.3 Å². The normalized spacial score (nSPS) is 21.7. The van der Waals surface area contributed by atoms with Gasteiger partial charge in [-0.05, 0) is 19.8 Å². The first-order valence-electron chi connectivity index (χ1n) is 5.08. The highest BCUT2D eigenvalue weighted by molar-refractivity contribution is 7.15. The molecule has 0 radical (unpaired) electrons. The van der Waals surface area contributed by atoms with Crippen LogP contribution in [0.2, 0.25) is 0 Å². The highest BCUT2D eigenvalue weighted by Crippen LogP contribution is 2.23. The Balaban J connectivity index is 1.87. The van der Waals surface area contributed by atoms with Crippen molar-refractivity contribution in [2.75, 3.05) is 18.8 Å². The second-order valence-corrected chi connectivity index (χ2v) is 5.40.